The van der Waals surface area contributed by atoms with E-state index in [-0.39, 0.29) is 0 Å². The number of piperidine rings is 1. The highest BCUT2D eigenvalue weighted by atomic mass is 79.9. The molecule has 2 N–H and O–H groups in total. The predicted molar refractivity (Wildman–Crippen MR) is 68.4 cm³/mol. The van der Waals surface area contributed by atoms with Crippen LogP contribution >= 0.6 is 15.9 Å². The second-order valence-corrected chi connectivity index (χ2v) is 4.95. The van der Waals surface area contributed by atoms with E-state index in [0.717, 1.165) is 13.1 Å². The molecule has 1 aromatic rings. The molecular weight excluding hydrogens is 252 g/mol. The van der Waals surface area contributed by atoms with E-state index in [1.165, 1.54) is 28.6 Å². The Morgan fingerprint density at radius 2 is 2.33 bits per heavy atom. The van der Waals surface area contributed by atoms with Gasteiger partial charge in [-0.2, -0.15) is 0 Å². The molecule has 1 aromatic carbocycles. The van der Waals surface area contributed by atoms with E-state index in [0.29, 0.717) is 6.04 Å². The Hall–Kier alpha value is -0.540. The highest BCUT2D eigenvalue weighted by Gasteiger charge is 2.13. The topological polar surface area (TPSA) is 24.1 Å². The maximum absolute atomic E-state index is 3.60. The first-order chi connectivity index (χ1) is 7.27. The van der Waals surface area contributed by atoms with Gasteiger partial charge >= 0.3 is 0 Å². The Balaban J connectivity index is 2.06. The zero-order valence-electron chi connectivity index (χ0n) is 9.02. The summed E-state index contributed by atoms with van der Waals surface area (Å²) < 4.78 is 1.18. The molecule has 0 spiro atoms. The fourth-order valence-electron chi connectivity index (χ4n) is 1.96. The number of rotatable bonds is 2. The smallest absolute Gasteiger partial charge is 0.0386 e. The molecule has 1 saturated heterocycles. The van der Waals surface area contributed by atoms with Crippen molar-refractivity contribution in [3.8, 4) is 0 Å². The van der Waals surface area contributed by atoms with Crippen molar-refractivity contribution in [2.45, 2.75) is 25.8 Å². The Kier molecular flexibility index (Phi) is 3.65. The van der Waals surface area contributed by atoms with Gasteiger partial charge in [-0.25, -0.2) is 0 Å². The van der Waals surface area contributed by atoms with Gasteiger partial charge in [0.1, 0.15) is 0 Å². The lowest BCUT2D eigenvalue weighted by Gasteiger charge is -2.25. The minimum Gasteiger partial charge on any atom is -0.381 e. The van der Waals surface area contributed by atoms with Crippen molar-refractivity contribution in [2.24, 2.45) is 0 Å². The summed E-state index contributed by atoms with van der Waals surface area (Å²) in [7, 11) is 0. The van der Waals surface area contributed by atoms with E-state index in [2.05, 4.69) is 51.7 Å². The first-order valence-electron chi connectivity index (χ1n) is 5.50. The van der Waals surface area contributed by atoms with Crippen molar-refractivity contribution >= 4 is 21.6 Å². The van der Waals surface area contributed by atoms with Crippen molar-refractivity contribution in [3.05, 3.63) is 28.2 Å². The first-order valence-corrected chi connectivity index (χ1v) is 6.29. The second kappa shape index (κ2) is 4.99. The standard InChI is InChI=1S/C12H17BrN2/c1-9-11(13)5-2-6-12(9)15-10-4-3-7-14-8-10/h2,5-6,10,14-15H,3-4,7-8H2,1H3. The third-order valence-electron chi connectivity index (χ3n) is 2.92. The number of halogens is 1. The molecule has 0 amide bonds. The lowest BCUT2D eigenvalue weighted by Crippen LogP contribution is -2.38. The minimum absolute atomic E-state index is 0.576. The molecule has 1 unspecified atom stereocenters. The van der Waals surface area contributed by atoms with Crippen molar-refractivity contribution in [3.63, 3.8) is 0 Å². The summed E-state index contributed by atoms with van der Waals surface area (Å²) >= 11 is 3.56. The summed E-state index contributed by atoms with van der Waals surface area (Å²) in [5, 5.41) is 7.01. The van der Waals surface area contributed by atoms with Crippen molar-refractivity contribution < 1.29 is 0 Å². The van der Waals surface area contributed by atoms with Crippen LogP contribution in [0, 0.1) is 6.92 Å². The van der Waals surface area contributed by atoms with Gasteiger partial charge in [-0.05, 0) is 44.0 Å². The van der Waals surface area contributed by atoms with Gasteiger partial charge in [0.2, 0.25) is 0 Å². The molecule has 2 nitrogen and oxygen atoms in total. The van der Waals surface area contributed by atoms with Crippen molar-refractivity contribution in [1.82, 2.24) is 5.32 Å². The van der Waals surface area contributed by atoms with Gasteiger partial charge in [0, 0.05) is 22.7 Å². The van der Waals surface area contributed by atoms with Crippen LogP contribution in [-0.4, -0.2) is 19.1 Å². The monoisotopic (exact) mass is 268 g/mol. The fraction of sp³-hybridized carbons (Fsp3) is 0.500. The van der Waals surface area contributed by atoms with E-state index in [1.54, 1.807) is 0 Å². The Labute approximate surface area is 99.6 Å². The molecule has 15 heavy (non-hydrogen) atoms. The van der Waals surface area contributed by atoms with Crippen LogP contribution < -0.4 is 10.6 Å². The first kappa shape index (κ1) is 11.0. The van der Waals surface area contributed by atoms with Gasteiger partial charge in [0.15, 0.2) is 0 Å². The molecule has 1 fully saturated rings. The van der Waals surface area contributed by atoms with Gasteiger partial charge in [-0.1, -0.05) is 22.0 Å². The molecule has 82 valence electrons. The summed E-state index contributed by atoms with van der Waals surface area (Å²) in [6, 6.07) is 6.89. The van der Waals surface area contributed by atoms with Crippen LogP contribution in [0.3, 0.4) is 0 Å². The average Bonchev–Trinajstić information content (AvgIpc) is 2.26. The SMILES string of the molecule is Cc1c(Br)cccc1NC1CCCNC1. The fourth-order valence-corrected chi connectivity index (χ4v) is 2.32. The molecule has 0 aromatic heterocycles. The molecule has 3 heteroatoms. The van der Waals surface area contributed by atoms with E-state index in [1.807, 2.05) is 0 Å². The highest BCUT2D eigenvalue weighted by Crippen LogP contribution is 2.24. The van der Waals surface area contributed by atoms with Gasteiger partial charge in [-0.3, -0.25) is 0 Å². The summed E-state index contributed by atoms with van der Waals surface area (Å²) in [5.74, 6) is 0. The molecule has 1 atom stereocenters. The van der Waals surface area contributed by atoms with Gasteiger partial charge in [-0.15, -0.1) is 0 Å². The summed E-state index contributed by atoms with van der Waals surface area (Å²) in [6.07, 6.45) is 2.53. The second-order valence-electron chi connectivity index (χ2n) is 4.10. The lowest BCUT2D eigenvalue weighted by atomic mass is 10.1. The van der Waals surface area contributed by atoms with E-state index < -0.39 is 0 Å². The van der Waals surface area contributed by atoms with Crippen LogP contribution in [-0.2, 0) is 0 Å². The van der Waals surface area contributed by atoms with E-state index >= 15 is 0 Å². The number of benzene rings is 1. The summed E-state index contributed by atoms with van der Waals surface area (Å²) in [6.45, 7) is 4.38. The molecular formula is C12H17BrN2. The van der Waals surface area contributed by atoms with Crippen LogP contribution in [0.5, 0.6) is 0 Å². The third-order valence-corrected chi connectivity index (χ3v) is 3.78. The van der Waals surface area contributed by atoms with Gasteiger partial charge in [0.25, 0.3) is 0 Å². The third kappa shape index (κ3) is 2.73. The lowest BCUT2D eigenvalue weighted by molar-refractivity contribution is 0.480. The largest absolute Gasteiger partial charge is 0.381 e. The molecule has 0 radical (unpaired) electrons. The van der Waals surface area contributed by atoms with E-state index in [4.69, 9.17) is 0 Å². The molecule has 1 aliphatic heterocycles. The van der Waals surface area contributed by atoms with E-state index in [9.17, 15) is 0 Å². The van der Waals surface area contributed by atoms with Crippen LogP contribution in [0.15, 0.2) is 22.7 Å². The molecule has 1 aliphatic rings. The summed E-state index contributed by atoms with van der Waals surface area (Å²) in [4.78, 5) is 0. The zero-order chi connectivity index (χ0) is 10.7. The molecule has 2 rings (SSSR count). The Morgan fingerprint density at radius 3 is 3.07 bits per heavy atom. The number of hydrogen-bond acceptors (Lipinski definition) is 2. The van der Waals surface area contributed by atoms with Gasteiger partial charge in [0.05, 0.1) is 0 Å². The maximum atomic E-state index is 3.60. The zero-order valence-corrected chi connectivity index (χ0v) is 10.6. The summed E-state index contributed by atoms with van der Waals surface area (Å²) in [5.41, 5.74) is 2.54. The Bertz CT molecular complexity index is 332. The molecule has 1 heterocycles. The van der Waals surface area contributed by atoms with Crippen molar-refractivity contribution in [2.75, 3.05) is 18.4 Å². The maximum Gasteiger partial charge on any atom is 0.0386 e. The predicted octanol–water partition coefficient (Wildman–Crippen LogP) is 2.92. The quantitative estimate of drug-likeness (QED) is 0.862. The van der Waals surface area contributed by atoms with Crippen LogP contribution in [0.1, 0.15) is 18.4 Å². The number of nitrogens with one attached hydrogen (secondary N) is 2. The van der Waals surface area contributed by atoms with Crippen molar-refractivity contribution in [1.29, 1.82) is 0 Å². The van der Waals surface area contributed by atoms with Crippen LogP contribution in [0.25, 0.3) is 0 Å². The van der Waals surface area contributed by atoms with Gasteiger partial charge < -0.3 is 10.6 Å². The number of anilines is 1. The normalized spacial score (nSPS) is 21.3. The minimum atomic E-state index is 0.576. The Morgan fingerprint density at radius 1 is 1.47 bits per heavy atom. The highest BCUT2D eigenvalue weighted by molar-refractivity contribution is 9.10. The molecule has 0 saturated carbocycles. The average molecular weight is 269 g/mol. The van der Waals surface area contributed by atoms with Crippen LogP contribution in [0.2, 0.25) is 0 Å². The molecule has 0 bridgehead atoms. The van der Waals surface area contributed by atoms with Crippen LogP contribution in [0.4, 0.5) is 5.69 Å². The number of hydrogen-bond donors (Lipinski definition) is 2. The molecule has 0 aliphatic carbocycles.